The van der Waals surface area contributed by atoms with Gasteiger partial charge in [0.2, 0.25) is 17.7 Å². The maximum Gasteiger partial charge on any atom is 3.00 e. The Morgan fingerprint density at radius 2 is 0.370 bits per heavy atom. The van der Waals surface area contributed by atoms with E-state index in [0.29, 0.717) is 19.3 Å². The summed E-state index contributed by atoms with van der Waals surface area (Å²) in [6.45, 7) is 6.75. The molecule has 0 radical (unpaired) electrons. The van der Waals surface area contributed by atoms with E-state index in [0.717, 1.165) is 57.8 Å². The van der Waals surface area contributed by atoms with Crippen molar-refractivity contribution in [2.75, 3.05) is 0 Å². The van der Waals surface area contributed by atoms with Crippen LogP contribution in [0.25, 0.3) is 0 Å². The van der Waals surface area contributed by atoms with Gasteiger partial charge >= 0.3 is 130 Å². The quantitative estimate of drug-likeness (QED) is 0.0202. The molecule has 19 nitrogen and oxygen atoms in total. The van der Waals surface area contributed by atoms with Crippen molar-refractivity contribution >= 4 is 88.3 Å². The Hall–Kier alpha value is -1.75. The van der Waals surface area contributed by atoms with E-state index in [1.807, 2.05) is 0 Å². The van der Waals surface area contributed by atoms with Crippen molar-refractivity contribution in [3.05, 3.63) is 0 Å². The summed E-state index contributed by atoms with van der Waals surface area (Å²) in [4.78, 5) is 100. The number of hydrogen-bond donors (Lipinski definition) is 9. The predicted molar refractivity (Wildman–Crippen MR) is 363 cm³/mol. The molecule has 0 heterocycles. The maximum atomic E-state index is 11.8. The van der Waals surface area contributed by atoms with E-state index < -0.39 is 53.9 Å². The molecule has 3 amide bonds. The summed E-state index contributed by atoms with van der Waals surface area (Å²) < 4.78 is 0. The fourth-order valence-corrected chi connectivity index (χ4v) is 10.3. The molecule has 0 aromatic heterocycles. The fourth-order valence-electron chi connectivity index (χ4n) is 10.3. The molecule has 518 valence electrons. The Kier molecular flexibility index (Phi) is 96.4. The average molecular weight is 1360 g/mol. The molecule has 23 heteroatoms. The van der Waals surface area contributed by atoms with Crippen LogP contribution in [0.3, 0.4) is 0 Å². The van der Waals surface area contributed by atoms with Crippen LogP contribution in [0, 0.1) is 0 Å². The van der Waals surface area contributed by atoms with E-state index in [2.05, 4.69) is 36.7 Å². The summed E-state index contributed by atoms with van der Waals surface area (Å²) in [6.07, 6.45) is 56.3. The topological polar surface area (TPSA) is 343 Å². The second-order valence-corrected chi connectivity index (χ2v) is 24.3. The Morgan fingerprint density at radius 3 is 0.489 bits per heavy atom. The summed E-state index contributed by atoms with van der Waals surface area (Å²) in [5, 5.41) is 60.2. The monoisotopic (exact) mass is 1360 g/mol. The number of carbonyl (C=O) groups is 9. The SMILES string of the molecule is CCCCCCCCCCCCCCCCCC(=O)N[C@@H](CCC(=O)O)C(=O)O.CCCCCCCCCCCCCCCCCC(=O)N[C@@H](CCC(=O)O)C(=O)O.CCCCCCCCCCCCCCCCCC(=O)N[C@@H](CCC(=O)O)C(=O)O.O.[Al+3].[Al+3].[Na+].[Na+]. The molecular formula is C69H131Al2N3Na2O16+8. The van der Waals surface area contributed by atoms with E-state index in [1.54, 1.807) is 0 Å². The van der Waals surface area contributed by atoms with Crippen LogP contribution in [-0.2, 0) is 43.2 Å². The van der Waals surface area contributed by atoms with Crippen LogP contribution in [0.1, 0.15) is 367 Å². The largest absolute Gasteiger partial charge is 3.00 e. The third kappa shape index (κ3) is 86.3. The molecule has 3 atom stereocenters. The first-order valence-corrected chi connectivity index (χ1v) is 35.1. The van der Waals surface area contributed by atoms with E-state index in [-0.39, 0.29) is 156 Å². The van der Waals surface area contributed by atoms with Crippen LogP contribution in [0.4, 0.5) is 0 Å². The maximum absolute atomic E-state index is 11.8. The van der Waals surface area contributed by atoms with Crippen molar-refractivity contribution in [2.45, 2.75) is 386 Å². The molecule has 0 aromatic rings. The van der Waals surface area contributed by atoms with Gasteiger partial charge in [0.05, 0.1) is 0 Å². The average Bonchev–Trinajstić information content (AvgIpc) is 3.23. The second-order valence-electron chi connectivity index (χ2n) is 24.3. The molecule has 92 heavy (non-hydrogen) atoms. The number of carboxylic acid groups (broad SMARTS) is 6. The summed E-state index contributed by atoms with van der Waals surface area (Å²) in [5.41, 5.74) is 0. The van der Waals surface area contributed by atoms with Gasteiger partial charge in [0.1, 0.15) is 18.1 Å². The molecule has 0 aliphatic rings. The summed E-state index contributed by atoms with van der Waals surface area (Å²) in [6, 6.07) is -3.35. The molecule has 0 spiro atoms. The summed E-state index contributed by atoms with van der Waals surface area (Å²) in [7, 11) is 0. The number of nitrogens with one attached hydrogen (secondary N) is 3. The standard InChI is InChI=1S/3C23H43NO5.2Al.2Na.H2O/c3*1-2-3-4-5-6-7-8-9-10-11-12-13-14-15-16-17-21(25)24-20(23(28)29)18-19-22(26)27;;;;;/h3*20H,2-19H2,1H3,(H,24,25)(H,26,27)(H,28,29);;;;;1H2/q;;;2*+3;2*+1;/t3*20-;;;;;/m000...../s1. The minimum absolute atomic E-state index is 0. The van der Waals surface area contributed by atoms with Gasteiger partial charge in [-0.15, -0.1) is 0 Å². The van der Waals surface area contributed by atoms with E-state index in [4.69, 9.17) is 30.6 Å². The number of rotatable bonds is 63. The Balaban J connectivity index is -0.000000187. The van der Waals surface area contributed by atoms with E-state index in [1.165, 1.54) is 231 Å². The molecule has 0 aliphatic carbocycles. The van der Waals surface area contributed by atoms with E-state index in [9.17, 15) is 43.2 Å². The molecule has 0 saturated heterocycles. The van der Waals surface area contributed by atoms with Gasteiger partial charge in [0.25, 0.3) is 0 Å². The molecule has 0 aliphatic heterocycles. The van der Waals surface area contributed by atoms with Crippen molar-refractivity contribution in [3.63, 3.8) is 0 Å². The van der Waals surface area contributed by atoms with Crippen LogP contribution >= 0.6 is 0 Å². The number of hydrogen-bond acceptors (Lipinski definition) is 9. The van der Waals surface area contributed by atoms with Crippen molar-refractivity contribution in [1.82, 2.24) is 16.0 Å². The van der Waals surface area contributed by atoms with Crippen LogP contribution in [0.15, 0.2) is 0 Å². The molecule has 0 bridgehead atoms. The smallest absolute Gasteiger partial charge is 0.481 e. The number of aliphatic carboxylic acids is 6. The van der Waals surface area contributed by atoms with Crippen molar-refractivity contribution in [3.8, 4) is 0 Å². The molecule has 0 saturated carbocycles. The summed E-state index contributed by atoms with van der Waals surface area (Å²) in [5.74, 6) is -7.66. The van der Waals surface area contributed by atoms with Gasteiger partial charge in [0.15, 0.2) is 0 Å². The molecule has 0 fully saturated rings. The second kappa shape index (κ2) is 83.5. The fraction of sp³-hybridized carbons (Fsp3) is 0.870. The third-order valence-electron chi connectivity index (χ3n) is 15.9. The van der Waals surface area contributed by atoms with Crippen LogP contribution < -0.4 is 75.1 Å². The Labute approximate surface area is 622 Å². The Morgan fingerprint density at radius 1 is 0.239 bits per heavy atom. The van der Waals surface area contributed by atoms with E-state index >= 15 is 0 Å². The number of carbonyl (C=O) groups excluding carboxylic acids is 3. The molecule has 11 N–H and O–H groups in total. The molecule has 0 unspecified atom stereocenters. The van der Waals surface area contributed by atoms with Gasteiger partial charge in [0, 0.05) is 38.5 Å². The van der Waals surface area contributed by atoms with Gasteiger partial charge in [-0.25, -0.2) is 14.4 Å². The minimum Gasteiger partial charge on any atom is -0.481 e. The first-order valence-electron chi connectivity index (χ1n) is 35.1. The summed E-state index contributed by atoms with van der Waals surface area (Å²) >= 11 is 0. The number of amides is 3. The van der Waals surface area contributed by atoms with Crippen molar-refractivity contribution in [2.24, 2.45) is 0 Å². The molecule has 0 rings (SSSR count). The normalized spacial score (nSPS) is 11.2. The molecular weight excluding hydrogens is 1230 g/mol. The van der Waals surface area contributed by atoms with Gasteiger partial charge in [-0.1, -0.05) is 290 Å². The number of unbranched alkanes of at least 4 members (excludes halogenated alkanes) is 42. The first-order chi connectivity index (χ1) is 41.9. The molecule has 0 aromatic carbocycles. The van der Waals surface area contributed by atoms with Gasteiger partial charge < -0.3 is 52.1 Å². The van der Waals surface area contributed by atoms with Gasteiger partial charge in [-0.2, -0.15) is 0 Å². The van der Waals surface area contributed by atoms with Crippen LogP contribution in [0.5, 0.6) is 0 Å². The number of carboxylic acids is 6. The predicted octanol–water partition coefficient (Wildman–Crippen LogP) is 9.47. The van der Waals surface area contributed by atoms with Crippen LogP contribution in [0.2, 0.25) is 0 Å². The van der Waals surface area contributed by atoms with Gasteiger partial charge in [-0.05, 0) is 38.5 Å². The zero-order valence-corrected chi connectivity index (χ0v) is 65.2. The van der Waals surface area contributed by atoms with Crippen molar-refractivity contribution in [1.29, 1.82) is 0 Å². The Bertz CT molecular complexity index is 1540. The van der Waals surface area contributed by atoms with Crippen LogP contribution in [-0.4, -0.2) is 143 Å². The van der Waals surface area contributed by atoms with Gasteiger partial charge in [-0.3, -0.25) is 28.8 Å². The van der Waals surface area contributed by atoms with Crippen molar-refractivity contribution < 1.29 is 138 Å². The third-order valence-corrected chi connectivity index (χ3v) is 15.9. The zero-order chi connectivity index (χ0) is 65.2. The zero-order valence-electron chi connectivity index (χ0n) is 58.9. The minimum atomic E-state index is -1.18. The first kappa shape index (κ1) is 106.